The van der Waals surface area contributed by atoms with Crippen LogP contribution in [0.5, 0.6) is 0 Å². The number of anilines is 3. The summed E-state index contributed by atoms with van der Waals surface area (Å²) in [7, 11) is 0. The maximum Gasteiger partial charge on any atom is 0.0725 e. The number of nitrogens with zero attached hydrogens (tertiary/aromatic N) is 2. The van der Waals surface area contributed by atoms with Gasteiger partial charge in [0, 0.05) is 38.9 Å². The van der Waals surface area contributed by atoms with Crippen LogP contribution in [0.4, 0.5) is 17.1 Å². The zero-order valence-corrected chi connectivity index (χ0v) is 44.7. The molecule has 0 bridgehead atoms. The van der Waals surface area contributed by atoms with E-state index in [9.17, 15) is 0 Å². The molecular weight excluding hydrogens is 965 g/mol. The molecule has 1 aromatic heterocycles. The zero-order valence-electron chi connectivity index (χ0n) is 44.7. The Morgan fingerprint density at radius 3 is 1.45 bits per heavy atom. The first-order valence-corrected chi connectivity index (χ1v) is 27.9. The summed E-state index contributed by atoms with van der Waals surface area (Å²) in [5.41, 5.74) is 30.2. The summed E-state index contributed by atoms with van der Waals surface area (Å²) in [5, 5.41) is 2.40. The number of rotatable bonds is 8. The molecule has 0 aliphatic heterocycles. The second kappa shape index (κ2) is 17.5. The summed E-state index contributed by atoms with van der Waals surface area (Å²) < 4.78 is 2.44. The summed E-state index contributed by atoms with van der Waals surface area (Å²) >= 11 is 0. The van der Waals surface area contributed by atoms with Crippen LogP contribution in [0.2, 0.25) is 0 Å². The van der Waals surface area contributed by atoms with Crippen LogP contribution in [0.1, 0.15) is 52.8 Å². The largest absolute Gasteiger partial charge is 0.310 e. The van der Waals surface area contributed by atoms with Crippen LogP contribution < -0.4 is 4.90 Å². The fourth-order valence-electron chi connectivity index (χ4n) is 14.3. The van der Waals surface area contributed by atoms with Gasteiger partial charge in [0.05, 0.1) is 16.4 Å². The van der Waals surface area contributed by atoms with E-state index in [1.807, 2.05) is 6.08 Å². The first-order chi connectivity index (χ1) is 39.4. The number of hydrogen-bond acceptors (Lipinski definition) is 1. The van der Waals surface area contributed by atoms with E-state index in [4.69, 9.17) is 0 Å². The van der Waals surface area contributed by atoms with Crippen molar-refractivity contribution >= 4 is 44.9 Å². The van der Waals surface area contributed by atoms with Gasteiger partial charge in [0.25, 0.3) is 0 Å². The van der Waals surface area contributed by atoms with E-state index in [2.05, 4.69) is 303 Å². The smallest absolute Gasteiger partial charge is 0.0725 e. The van der Waals surface area contributed by atoms with Gasteiger partial charge < -0.3 is 9.47 Å². The lowest BCUT2D eigenvalue weighted by Gasteiger charge is -2.31. The van der Waals surface area contributed by atoms with Crippen LogP contribution in [-0.4, -0.2) is 4.57 Å². The maximum atomic E-state index is 4.21. The Hall–Kier alpha value is -10.0. The Morgan fingerprint density at radius 1 is 0.325 bits per heavy atom. The van der Waals surface area contributed by atoms with Crippen molar-refractivity contribution in [1.82, 2.24) is 4.57 Å². The second-order valence-electron chi connectivity index (χ2n) is 22.4. The molecule has 0 amide bonds. The van der Waals surface area contributed by atoms with Crippen LogP contribution in [0, 0.1) is 0 Å². The molecule has 0 saturated carbocycles. The molecule has 0 saturated heterocycles. The molecule has 3 aliphatic rings. The van der Waals surface area contributed by atoms with Crippen molar-refractivity contribution in [3.63, 3.8) is 0 Å². The Labute approximate surface area is 467 Å². The van der Waals surface area contributed by atoms with Crippen LogP contribution in [-0.2, 0) is 10.8 Å². The lowest BCUT2D eigenvalue weighted by atomic mass is 9.70. The molecule has 12 aromatic carbocycles. The number of fused-ring (bicyclic) bond motifs is 16. The van der Waals surface area contributed by atoms with Gasteiger partial charge in [-0.25, -0.2) is 0 Å². The summed E-state index contributed by atoms with van der Waals surface area (Å²) in [6, 6.07) is 102. The lowest BCUT2D eigenvalue weighted by molar-refractivity contribution is 0.660. The first-order valence-electron chi connectivity index (χ1n) is 27.9. The SMILES string of the molecule is C=Cc1ccccc1-c1ccc2c(c1)C1(c3ccccc3-c3ccc(-c4ccc5c(c4)c4cc(N(c6ccc(-c7ccccc7)cc6)c6ccc7c(c6)C(C)(C)c6ccccc6-7)ccc4n5-c4ccccc4)cc31)c1ccccc1-2. The molecule has 1 spiro atoms. The standard InChI is InChI=1S/C78H54N2/c1-4-50-19-11-12-24-60(50)55-34-41-66-63-27-15-18-30-71(63)78(74(66)47-55)70-29-17-14-26-62(70)65-40-33-54(46-73(65)78)53-35-43-75-67(45-53)68-48-58(39-44-76(68)80(75)56-22-9-6-10-23-56)79(57-36-31-52(32-37-57)51-20-7-5-8-21-51)59-38-42-64-61-25-13-16-28-69(61)77(2,3)72(64)49-59/h4-49H,1H2,2-3H3. The minimum absolute atomic E-state index is 0.153. The van der Waals surface area contributed by atoms with Gasteiger partial charge in [0.1, 0.15) is 0 Å². The van der Waals surface area contributed by atoms with Gasteiger partial charge in [0.15, 0.2) is 0 Å². The molecular formula is C78H54N2. The quantitative estimate of drug-likeness (QED) is 0.147. The van der Waals surface area contributed by atoms with Crippen molar-refractivity contribution in [1.29, 1.82) is 0 Å². The van der Waals surface area contributed by atoms with Crippen LogP contribution >= 0.6 is 0 Å². The molecule has 1 unspecified atom stereocenters. The first kappa shape index (κ1) is 46.1. The minimum atomic E-state index is -0.520. The van der Waals surface area contributed by atoms with Crippen LogP contribution in [0.3, 0.4) is 0 Å². The molecule has 13 aromatic rings. The fraction of sp³-hybridized carbons (Fsp3) is 0.0513. The number of para-hydroxylation sites is 1. The topological polar surface area (TPSA) is 8.17 Å². The molecule has 2 nitrogen and oxygen atoms in total. The Kier molecular flexibility index (Phi) is 10.1. The summed E-state index contributed by atoms with van der Waals surface area (Å²) in [4.78, 5) is 2.46. The second-order valence-corrected chi connectivity index (χ2v) is 22.4. The van der Waals surface area contributed by atoms with E-state index < -0.39 is 5.41 Å². The monoisotopic (exact) mass is 1020 g/mol. The van der Waals surface area contributed by atoms with E-state index in [1.165, 1.54) is 116 Å². The molecule has 0 N–H and O–H groups in total. The fourth-order valence-corrected chi connectivity index (χ4v) is 14.3. The maximum absolute atomic E-state index is 4.21. The third kappa shape index (κ3) is 6.60. The average molecular weight is 1020 g/mol. The molecule has 1 heterocycles. The third-order valence-electron chi connectivity index (χ3n) is 18.0. The van der Waals surface area contributed by atoms with Gasteiger partial charge >= 0.3 is 0 Å². The predicted molar refractivity (Wildman–Crippen MR) is 336 cm³/mol. The summed E-state index contributed by atoms with van der Waals surface area (Å²) in [6.07, 6.45) is 1.98. The van der Waals surface area contributed by atoms with Crippen LogP contribution in [0.15, 0.2) is 280 Å². The predicted octanol–water partition coefficient (Wildman–Crippen LogP) is 20.5. The van der Waals surface area contributed by atoms with Gasteiger partial charge in [-0.05, 0) is 185 Å². The van der Waals surface area contributed by atoms with Crippen LogP contribution in [0.25, 0.3) is 100 Å². The molecule has 80 heavy (non-hydrogen) atoms. The summed E-state index contributed by atoms with van der Waals surface area (Å²) in [6.45, 7) is 8.95. The molecule has 376 valence electrons. The van der Waals surface area contributed by atoms with Gasteiger partial charge in [-0.15, -0.1) is 0 Å². The average Bonchev–Trinajstić information content (AvgIpc) is 4.38. The van der Waals surface area contributed by atoms with Gasteiger partial charge in [-0.2, -0.15) is 0 Å². The summed E-state index contributed by atoms with van der Waals surface area (Å²) in [5.74, 6) is 0. The Bertz CT molecular complexity index is 4680. The molecule has 2 heteroatoms. The Morgan fingerprint density at radius 2 is 0.762 bits per heavy atom. The van der Waals surface area contributed by atoms with E-state index in [0.29, 0.717) is 0 Å². The number of aromatic nitrogens is 1. The Balaban J connectivity index is 0.895. The highest BCUT2D eigenvalue weighted by molar-refractivity contribution is 6.12. The van der Waals surface area contributed by atoms with Crippen molar-refractivity contribution in [2.45, 2.75) is 24.7 Å². The molecule has 3 aliphatic carbocycles. The minimum Gasteiger partial charge on any atom is -0.310 e. The molecule has 16 rings (SSSR count). The lowest BCUT2D eigenvalue weighted by Crippen LogP contribution is -2.26. The van der Waals surface area contributed by atoms with E-state index in [0.717, 1.165) is 33.8 Å². The third-order valence-corrected chi connectivity index (χ3v) is 18.0. The van der Waals surface area contributed by atoms with E-state index in [-0.39, 0.29) is 5.41 Å². The molecule has 0 radical (unpaired) electrons. The van der Waals surface area contributed by atoms with Crippen molar-refractivity contribution in [3.05, 3.63) is 319 Å². The molecule has 1 atom stereocenters. The van der Waals surface area contributed by atoms with Gasteiger partial charge in [0.2, 0.25) is 0 Å². The van der Waals surface area contributed by atoms with Crippen molar-refractivity contribution in [3.8, 4) is 72.4 Å². The van der Waals surface area contributed by atoms with E-state index >= 15 is 0 Å². The van der Waals surface area contributed by atoms with Gasteiger partial charge in [-0.1, -0.05) is 221 Å². The highest BCUT2D eigenvalue weighted by atomic mass is 15.1. The van der Waals surface area contributed by atoms with Crippen molar-refractivity contribution < 1.29 is 0 Å². The number of benzene rings is 12. The zero-order chi connectivity index (χ0) is 53.3. The normalized spacial score (nSPS) is 14.8. The van der Waals surface area contributed by atoms with E-state index in [1.54, 1.807) is 0 Å². The van der Waals surface area contributed by atoms with Crippen molar-refractivity contribution in [2.24, 2.45) is 0 Å². The highest BCUT2D eigenvalue weighted by Crippen LogP contribution is 2.64. The van der Waals surface area contributed by atoms with Gasteiger partial charge in [-0.3, -0.25) is 0 Å². The molecule has 0 fully saturated rings. The number of hydrogen-bond donors (Lipinski definition) is 0. The van der Waals surface area contributed by atoms with Crippen molar-refractivity contribution in [2.75, 3.05) is 4.90 Å². The highest BCUT2D eigenvalue weighted by Gasteiger charge is 2.52.